The number of hydrogen-bond acceptors (Lipinski definition) is 7. The van der Waals surface area contributed by atoms with Crippen LogP contribution in [0.3, 0.4) is 0 Å². The molecular formula is C28H29N5O5S. The molecule has 1 saturated heterocycles. The lowest BCUT2D eigenvalue weighted by atomic mass is 10.1. The monoisotopic (exact) mass is 547 g/mol. The van der Waals surface area contributed by atoms with Crippen LogP contribution in [0.25, 0.3) is 10.2 Å². The largest absolute Gasteiger partial charge is 0.488 e. The van der Waals surface area contributed by atoms with Crippen molar-refractivity contribution >= 4 is 56.5 Å². The van der Waals surface area contributed by atoms with E-state index in [1.807, 2.05) is 25.1 Å². The van der Waals surface area contributed by atoms with Crippen LogP contribution in [0.15, 0.2) is 43.1 Å². The zero-order chi connectivity index (χ0) is 27.1. The molecule has 39 heavy (non-hydrogen) atoms. The fourth-order valence-corrected chi connectivity index (χ4v) is 6.54. The highest BCUT2D eigenvalue weighted by molar-refractivity contribution is 7.21. The van der Waals surface area contributed by atoms with Crippen molar-refractivity contribution in [1.29, 1.82) is 0 Å². The Morgan fingerprint density at radius 1 is 1.21 bits per heavy atom. The third-order valence-corrected chi connectivity index (χ3v) is 8.49. The Bertz CT molecular complexity index is 1480. The van der Waals surface area contributed by atoms with Gasteiger partial charge in [0.1, 0.15) is 21.6 Å². The van der Waals surface area contributed by atoms with Gasteiger partial charge < -0.3 is 25.4 Å². The van der Waals surface area contributed by atoms with Crippen LogP contribution in [0.1, 0.15) is 40.9 Å². The number of aryl methyl sites for hydroxylation is 1. The van der Waals surface area contributed by atoms with Crippen molar-refractivity contribution in [3.05, 3.63) is 53.6 Å². The maximum absolute atomic E-state index is 13.5. The van der Waals surface area contributed by atoms with Crippen LogP contribution in [0.4, 0.5) is 21.9 Å². The number of nitrogens with zero attached hydrogens (tertiary/aromatic N) is 2. The second-order valence-corrected chi connectivity index (χ2v) is 11.0. The zero-order valence-electron chi connectivity index (χ0n) is 21.5. The smallest absolute Gasteiger partial charge is 0.331 e. The summed E-state index contributed by atoms with van der Waals surface area (Å²) in [5.74, 6) is 0.168. The van der Waals surface area contributed by atoms with Gasteiger partial charge in [0, 0.05) is 24.7 Å². The molecule has 1 aromatic carbocycles. The molecule has 0 bridgehead atoms. The number of urea groups is 1. The van der Waals surface area contributed by atoms with Crippen molar-refractivity contribution in [1.82, 2.24) is 15.6 Å². The predicted molar refractivity (Wildman–Crippen MR) is 149 cm³/mol. The summed E-state index contributed by atoms with van der Waals surface area (Å²) in [7, 11) is 0. The first-order chi connectivity index (χ1) is 18.9. The van der Waals surface area contributed by atoms with Crippen LogP contribution < -0.4 is 25.6 Å². The summed E-state index contributed by atoms with van der Waals surface area (Å²) < 4.78 is 11.4. The number of aromatic nitrogens is 1. The second-order valence-electron chi connectivity index (χ2n) is 9.96. The predicted octanol–water partition coefficient (Wildman–Crippen LogP) is 4.41. The molecular weight excluding hydrogens is 518 g/mol. The highest BCUT2D eigenvalue weighted by Gasteiger charge is 2.35. The van der Waals surface area contributed by atoms with Gasteiger partial charge in [-0.1, -0.05) is 6.58 Å². The summed E-state index contributed by atoms with van der Waals surface area (Å²) in [4.78, 5) is 45.9. The van der Waals surface area contributed by atoms with Crippen LogP contribution >= 0.6 is 11.3 Å². The molecule has 4 amide bonds. The lowest BCUT2D eigenvalue weighted by molar-refractivity contribution is -0.117. The molecule has 1 aliphatic carbocycles. The number of ether oxygens (including phenoxy) is 2. The minimum atomic E-state index is -0.361. The Kier molecular flexibility index (Phi) is 6.69. The molecule has 2 aliphatic heterocycles. The molecule has 3 aromatic rings. The fourth-order valence-electron chi connectivity index (χ4n) is 5.52. The lowest BCUT2D eigenvalue weighted by Gasteiger charge is -2.30. The molecule has 10 nitrogen and oxygen atoms in total. The van der Waals surface area contributed by atoms with Gasteiger partial charge in [-0.2, -0.15) is 0 Å². The van der Waals surface area contributed by atoms with Crippen molar-refractivity contribution in [2.45, 2.75) is 50.8 Å². The first-order valence-corrected chi connectivity index (χ1v) is 13.9. The number of carbonyl (C=O) groups is 3. The van der Waals surface area contributed by atoms with E-state index in [-0.39, 0.29) is 36.0 Å². The number of carbonyl (C=O) groups excluding carboxylic acids is 3. The molecule has 2 aromatic heterocycles. The number of thiophene rings is 1. The number of benzene rings is 1. The topological polar surface area (TPSA) is 122 Å². The average Bonchev–Trinajstić information content (AvgIpc) is 3.67. The van der Waals surface area contributed by atoms with Crippen LogP contribution in [0.2, 0.25) is 0 Å². The van der Waals surface area contributed by atoms with E-state index in [0.717, 1.165) is 42.4 Å². The van der Waals surface area contributed by atoms with Gasteiger partial charge in [-0.3, -0.25) is 14.5 Å². The molecule has 0 spiro atoms. The standard InChI is InChI=1S/C28H29N5O5S/c1-3-22(34)30-18-5-4-6-19(18)31-26(35)25-24-23-21(9-11-29-27(23)39-25)33(28(36)32-24)20-8-7-16(13-15(20)2)38-17-10-12-37-14-17/h3,7-9,11,13,17-19H,1,4-6,10,12,14H2,2H3,(H,30,34)(H,31,35)(H,32,36)/t17-,18-,19+/m0/s1. The van der Waals surface area contributed by atoms with E-state index in [1.54, 1.807) is 17.2 Å². The number of nitrogens with one attached hydrogen (secondary N) is 3. The maximum Gasteiger partial charge on any atom is 0.331 e. The average molecular weight is 548 g/mol. The van der Waals surface area contributed by atoms with Gasteiger partial charge in [0.15, 0.2) is 0 Å². The van der Waals surface area contributed by atoms with E-state index in [0.29, 0.717) is 40.0 Å². The molecule has 6 rings (SSSR count). The number of amides is 4. The van der Waals surface area contributed by atoms with Gasteiger partial charge in [0.05, 0.1) is 35.7 Å². The van der Waals surface area contributed by atoms with Crippen molar-refractivity contribution in [3.63, 3.8) is 0 Å². The Balaban J connectivity index is 1.29. The molecule has 3 atom stereocenters. The highest BCUT2D eigenvalue weighted by Crippen LogP contribution is 2.46. The van der Waals surface area contributed by atoms with Gasteiger partial charge in [0.25, 0.3) is 5.91 Å². The first kappa shape index (κ1) is 25.3. The molecule has 11 heteroatoms. The van der Waals surface area contributed by atoms with Gasteiger partial charge in [-0.15, -0.1) is 11.3 Å². The third kappa shape index (κ3) is 4.72. The molecule has 3 N–H and O–H groups in total. The molecule has 3 aliphatic rings. The zero-order valence-corrected chi connectivity index (χ0v) is 22.3. The number of anilines is 3. The van der Waals surface area contributed by atoms with Crippen molar-refractivity contribution in [2.24, 2.45) is 0 Å². The van der Waals surface area contributed by atoms with E-state index >= 15 is 0 Å². The summed E-state index contributed by atoms with van der Waals surface area (Å²) in [5, 5.41) is 9.63. The third-order valence-electron chi connectivity index (χ3n) is 7.40. The summed E-state index contributed by atoms with van der Waals surface area (Å²) in [6.45, 7) is 6.71. The van der Waals surface area contributed by atoms with Crippen LogP contribution in [-0.4, -0.2) is 54.2 Å². The lowest BCUT2D eigenvalue weighted by Crippen LogP contribution is -2.48. The Morgan fingerprint density at radius 2 is 2.03 bits per heavy atom. The SMILES string of the molecule is C=CC(=O)N[C@H]1CCC[C@H]1NC(=O)c1sc2nccc3c2c1NC(=O)N3c1ccc(O[C@H]2CCOC2)cc1C. The molecule has 0 radical (unpaired) electrons. The summed E-state index contributed by atoms with van der Waals surface area (Å²) >= 11 is 1.24. The summed E-state index contributed by atoms with van der Waals surface area (Å²) in [6, 6.07) is 6.70. The fraction of sp³-hybridized carbons (Fsp3) is 0.357. The van der Waals surface area contributed by atoms with Crippen LogP contribution in [0.5, 0.6) is 5.75 Å². The Hall–Kier alpha value is -3.96. The van der Waals surface area contributed by atoms with E-state index < -0.39 is 0 Å². The van der Waals surface area contributed by atoms with Gasteiger partial charge in [0.2, 0.25) is 5.91 Å². The van der Waals surface area contributed by atoms with E-state index in [4.69, 9.17) is 9.47 Å². The van der Waals surface area contributed by atoms with Crippen molar-refractivity contribution < 1.29 is 23.9 Å². The van der Waals surface area contributed by atoms with Crippen molar-refractivity contribution in [2.75, 3.05) is 23.4 Å². The minimum Gasteiger partial charge on any atom is -0.488 e. The van der Waals surface area contributed by atoms with Gasteiger partial charge >= 0.3 is 6.03 Å². The first-order valence-electron chi connectivity index (χ1n) is 13.0. The van der Waals surface area contributed by atoms with Crippen molar-refractivity contribution in [3.8, 4) is 5.75 Å². The normalized spacial score (nSPS) is 22.0. The molecule has 4 heterocycles. The molecule has 2 fully saturated rings. The number of hydrogen-bond donors (Lipinski definition) is 3. The van der Waals surface area contributed by atoms with Crippen LogP contribution in [0, 0.1) is 6.92 Å². The quantitative estimate of drug-likeness (QED) is 0.377. The summed E-state index contributed by atoms with van der Waals surface area (Å²) in [6.07, 6.45) is 6.19. The Labute approximate surface area is 229 Å². The summed E-state index contributed by atoms with van der Waals surface area (Å²) in [5.41, 5.74) is 2.70. The van der Waals surface area contributed by atoms with Gasteiger partial charge in [-0.25, -0.2) is 9.78 Å². The van der Waals surface area contributed by atoms with Gasteiger partial charge in [-0.05, 0) is 62.1 Å². The number of pyridine rings is 1. The second kappa shape index (κ2) is 10.3. The highest BCUT2D eigenvalue weighted by atomic mass is 32.1. The van der Waals surface area contributed by atoms with Crippen LogP contribution in [-0.2, 0) is 9.53 Å². The molecule has 0 unspecified atom stereocenters. The molecule has 1 saturated carbocycles. The van der Waals surface area contributed by atoms with E-state index in [1.165, 1.54) is 17.4 Å². The maximum atomic E-state index is 13.5. The van der Waals surface area contributed by atoms with E-state index in [2.05, 4.69) is 27.5 Å². The molecule has 202 valence electrons. The Morgan fingerprint density at radius 3 is 2.77 bits per heavy atom. The number of rotatable bonds is 7. The van der Waals surface area contributed by atoms with E-state index in [9.17, 15) is 14.4 Å². The minimum absolute atomic E-state index is 0.0315.